The molecule has 4 N–H and O–H groups in total. The number of hydrogen-bond acceptors (Lipinski definition) is 25. The molecule has 30 nitrogen and oxygen atoms in total. The molecule has 20 atom stereocenters. The first-order valence-electron chi connectivity index (χ1n) is 31.9. The van der Waals surface area contributed by atoms with Crippen LogP contribution in [0, 0.1) is 17.8 Å². The van der Waals surface area contributed by atoms with Crippen LogP contribution in [-0.4, -0.2) is 176 Å². The zero-order chi connectivity index (χ0) is 69.6. The largest absolute Gasteiger partial charge is 0.459 e. The van der Waals surface area contributed by atoms with Gasteiger partial charge in [0, 0.05) is 70.8 Å². The molecule has 0 spiro atoms. The third kappa shape index (κ3) is 21.5. The van der Waals surface area contributed by atoms with E-state index >= 15 is 0 Å². The summed E-state index contributed by atoms with van der Waals surface area (Å²) in [5.74, 6) is -7.56. The van der Waals surface area contributed by atoms with Crippen LogP contribution in [0.4, 0.5) is 14.4 Å². The van der Waals surface area contributed by atoms with Crippen molar-refractivity contribution >= 4 is 53.9 Å². The lowest BCUT2D eigenvalue weighted by atomic mass is 9.73. The fraction of sp³-hybridized carbons (Fsp3) is 0.591. The van der Waals surface area contributed by atoms with Gasteiger partial charge in [0.05, 0.1) is 37.0 Å². The number of carbonyl (C=O) groups excluding carboxylic acids is 9. The monoisotopic (exact) mass is 1350 g/mol. The van der Waals surface area contributed by atoms with Gasteiger partial charge in [0.25, 0.3) is 0 Å². The molecule has 1 aliphatic carbocycles. The van der Waals surface area contributed by atoms with Crippen molar-refractivity contribution in [2.45, 2.75) is 218 Å². The SMILES string of the molecule is CC[C@@H]1O[C@H](O[C@H]2[C@@H](OC(C)=O)[C@H](O[C@@H]3[C@@H](OC(C)=O)[C@H](CC(=O)[C@H](CCNC(=O)OCc4ccccc4)OC(C)=O)C[C@H](C)[C@H]3O[C@H]3O[C@H](CN=[N+]=[N-])[C@@H](O)[C@H](C)[C@H]3NC(=O)OCc3ccccc3)O[C@@H]2CC)[C@H](NC(=O)OCc2ccccc2)[C@@H](OC(C)=O)[C@@H]1OC(C)=O. The number of aliphatic hydroxyl groups is 1. The molecule has 3 amide bonds. The van der Waals surface area contributed by atoms with Gasteiger partial charge in [0.1, 0.15) is 50.3 Å². The number of Topliss-reactive ketones (excluding diaryl/α,β-unsaturated/α-hetero) is 1. The Labute approximate surface area is 555 Å². The first-order valence-corrected chi connectivity index (χ1v) is 31.9. The molecule has 4 fully saturated rings. The average molecular weight is 1350 g/mol. The van der Waals surface area contributed by atoms with E-state index in [-0.39, 0.29) is 52.0 Å². The minimum absolute atomic E-state index is 0.00479. The first kappa shape index (κ1) is 74.9. The third-order valence-corrected chi connectivity index (χ3v) is 16.6. The molecule has 0 bridgehead atoms. The first-order chi connectivity index (χ1) is 46.0. The zero-order valence-electron chi connectivity index (χ0n) is 55.0. The standard InChI is InChI=1S/C66H86N6O24/c1-10-47-56(88-39(7)75)58(89-40(8)76)52(71-66(82)85-34-44-25-19-14-20-26-44)62(91-47)95-57-48(11-2)92-63(60(57)90-41(9)77)96-59-54(94-61-51(36(4)53(79)50(93-61)31-69-72-67)70-65(81)84-33-43-23-17-13-18-24-43)35(3)29-45(55(59)87-38(6)74)30-46(78)49(86-37(5)73)27-28-68-64(80)83-32-42-21-15-12-16-22-42/h12-26,35-36,45,47-63,79H,10-11,27-34H2,1-9H3,(H,68,80)(H,70,81)(H,71,82)/t35-,36+,45-,47-,48+,49-,50+,51+,52+,53-,54+,55-,56+,57+,58+,59-,60+,61+,62+,63-/m0/s1. The molecule has 96 heavy (non-hydrogen) atoms. The van der Waals surface area contributed by atoms with Crippen LogP contribution in [0.2, 0.25) is 0 Å². The number of ether oxygens (including phenoxy) is 14. The molecule has 30 heteroatoms. The van der Waals surface area contributed by atoms with Gasteiger partial charge in [-0.3, -0.25) is 28.8 Å². The van der Waals surface area contributed by atoms with Crippen molar-refractivity contribution in [2.24, 2.45) is 22.9 Å². The van der Waals surface area contributed by atoms with Crippen molar-refractivity contribution in [1.82, 2.24) is 16.0 Å². The zero-order valence-corrected chi connectivity index (χ0v) is 55.0. The van der Waals surface area contributed by atoms with E-state index in [1.165, 1.54) is 0 Å². The van der Waals surface area contributed by atoms with E-state index in [4.69, 9.17) is 66.3 Å². The number of carbonyl (C=O) groups is 9. The number of nitrogens with one attached hydrogen (secondary N) is 3. The minimum atomic E-state index is -1.72. The second kappa shape index (κ2) is 36.6. The minimum Gasteiger partial charge on any atom is -0.459 e. The molecule has 0 unspecified atom stereocenters. The van der Waals surface area contributed by atoms with Gasteiger partial charge < -0.3 is 87.4 Å². The van der Waals surface area contributed by atoms with Crippen LogP contribution in [-0.2, 0) is 115 Å². The number of benzene rings is 3. The van der Waals surface area contributed by atoms with Crippen LogP contribution in [0.15, 0.2) is 96.1 Å². The molecule has 1 saturated carbocycles. The van der Waals surface area contributed by atoms with Gasteiger partial charge in [-0.05, 0) is 47.4 Å². The highest BCUT2D eigenvalue weighted by Gasteiger charge is 2.58. The average Bonchev–Trinajstić information content (AvgIpc) is 1.32. The van der Waals surface area contributed by atoms with E-state index in [2.05, 4.69) is 26.0 Å². The summed E-state index contributed by atoms with van der Waals surface area (Å²) in [6.07, 6.45) is -24.7. The summed E-state index contributed by atoms with van der Waals surface area (Å²) in [5.41, 5.74) is 11.4. The second-order valence-electron chi connectivity index (χ2n) is 23.8. The van der Waals surface area contributed by atoms with Crippen molar-refractivity contribution < 1.29 is 115 Å². The van der Waals surface area contributed by atoms with Crippen molar-refractivity contribution in [3.63, 3.8) is 0 Å². The summed E-state index contributed by atoms with van der Waals surface area (Å²) in [6.45, 7) is 11.3. The molecule has 3 aromatic rings. The van der Waals surface area contributed by atoms with Crippen LogP contribution in [0.1, 0.15) is 111 Å². The number of amides is 3. The highest BCUT2D eigenvalue weighted by Crippen LogP contribution is 2.43. The van der Waals surface area contributed by atoms with Crippen LogP contribution in [0.5, 0.6) is 0 Å². The molecule has 3 aliphatic heterocycles. The fourth-order valence-electron chi connectivity index (χ4n) is 12.2. The van der Waals surface area contributed by atoms with Crippen LogP contribution in [0.3, 0.4) is 0 Å². The van der Waals surface area contributed by atoms with Gasteiger partial charge in [-0.25, -0.2) is 14.4 Å². The Morgan fingerprint density at radius 2 is 1.00 bits per heavy atom. The van der Waals surface area contributed by atoms with E-state index in [1.54, 1.807) is 119 Å². The number of nitrogens with zero attached hydrogens (tertiary/aromatic N) is 3. The lowest BCUT2D eigenvalue weighted by molar-refractivity contribution is -0.312. The van der Waals surface area contributed by atoms with E-state index < -0.39 is 189 Å². The normalized spacial score (nSPS) is 29.5. The molecular formula is C66H86N6O24. The van der Waals surface area contributed by atoms with Crippen molar-refractivity contribution in [1.29, 1.82) is 0 Å². The summed E-state index contributed by atoms with van der Waals surface area (Å²) < 4.78 is 86.3. The number of aliphatic hydroxyl groups excluding tert-OH is 1. The van der Waals surface area contributed by atoms with Crippen molar-refractivity contribution in [3.05, 3.63) is 118 Å². The van der Waals surface area contributed by atoms with Gasteiger partial charge in [-0.2, -0.15) is 0 Å². The Bertz CT molecular complexity index is 3130. The Balaban J connectivity index is 1.27. The predicted molar refractivity (Wildman–Crippen MR) is 331 cm³/mol. The Morgan fingerprint density at radius 3 is 1.52 bits per heavy atom. The van der Waals surface area contributed by atoms with Crippen LogP contribution in [0.25, 0.3) is 10.4 Å². The smallest absolute Gasteiger partial charge is 0.407 e. The van der Waals surface area contributed by atoms with Crippen LogP contribution < -0.4 is 16.0 Å². The number of hydrogen-bond donors (Lipinski definition) is 4. The summed E-state index contributed by atoms with van der Waals surface area (Å²) in [6, 6.07) is 23.6. The van der Waals surface area contributed by atoms with E-state index in [0.29, 0.717) is 11.1 Å². The van der Waals surface area contributed by atoms with Crippen molar-refractivity contribution in [2.75, 3.05) is 13.1 Å². The summed E-state index contributed by atoms with van der Waals surface area (Å²) in [7, 11) is 0. The number of rotatable bonds is 29. The molecular weight excluding hydrogens is 1260 g/mol. The maximum absolute atomic E-state index is 14.7. The summed E-state index contributed by atoms with van der Waals surface area (Å²) in [4.78, 5) is 123. The molecule has 0 aromatic heterocycles. The molecule has 3 saturated heterocycles. The van der Waals surface area contributed by atoms with Gasteiger partial charge in [0.2, 0.25) is 0 Å². The molecule has 0 radical (unpaired) electrons. The van der Waals surface area contributed by atoms with Crippen molar-refractivity contribution in [3.8, 4) is 0 Å². The van der Waals surface area contributed by atoms with E-state index in [0.717, 1.165) is 40.2 Å². The third-order valence-electron chi connectivity index (χ3n) is 16.6. The summed E-state index contributed by atoms with van der Waals surface area (Å²) in [5, 5.41) is 23.3. The quantitative estimate of drug-likeness (QED) is 0.0186. The van der Waals surface area contributed by atoms with Gasteiger partial charge >= 0.3 is 48.1 Å². The Morgan fingerprint density at radius 1 is 0.552 bits per heavy atom. The van der Waals surface area contributed by atoms with Gasteiger partial charge in [-0.15, -0.1) is 0 Å². The lowest BCUT2D eigenvalue weighted by Gasteiger charge is -2.49. The highest BCUT2D eigenvalue weighted by molar-refractivity contribution is 5.85. The molecule has 524 valence electrons. The summed E-state index contributed by atoms with van der Waals surface area (Å²) >= 11 is 0. The molecule has 3 heterocycles. The second-order valence-corrected chi connectivity index (χ2v) is 23.8. The number of alkyl carbamates (subject to hydrolysis) is 3. The van der Waals surface area contributed by atoms with Gasteiger partial charge in [0.15, 0.2) is 49.1 Å². The van der Waals surface area contributed by atoms with E-state index in [9.17, 15) is 53.8 Å². The number of azide groups is 1. The maximum atomic E-state index is 14.7. The van der Waals surface area contributed by atoms with Crippen LogP contribution >= 0.6 is 0 Å². The maximum Gasteiger partial charge on any atom is 0.407 e. The molecule has 7 rings (SSSR count). The molecule has 4 aliphatic rings. The predicted octanol–water partition coefficient (Wildman–Crippen LogP) is 6.62. The Hall–Kier alpha value is -8.48. The van der Waals surface area contributed by atoms with E-state index in [1.807, 2.05) is 0 Å². The number of esters is 5. The highest BCUT2D eigenvalue weighted by atomic mass is 16.8. The fourth-order valence-corrected chi connectivity index (χ4v) is 12.2. The topological polar surface area (TPSA) is 388 Å². The van der Waals surface area contributed by atoms with Gasteiger partial charge in [-0.1, -0.05) is 124 Å². The number of ketones is 1. The lowest BCUT2D eigenvalue weighted by Crippen LogP contribution is -2.66. The Kier molecular flexibility index (Phi) is 28.5. The molecule has 3 aromatic carbocycles.